The van der Waals surface area contributed by atoms with Crippen LogP contribution in [0, 0.1) is 0 Å². The maximum atomic E-state index is 12.9. The van der Waals surface area contributed by atoms with Gasteiger partial charge in [0.2, 0.25) is 0 Å². The molecule has 0 radical (unpaired) electrons. The Labute approximate surface area is 140 Å². The lowest BCUT2D eigenvalue weighted by Gasteiger charge is -2.25. The second-order valence-corrected chi connectivity index (χ2v) is 7.64. The molecule has 0 spiro atoms. The number of benzene rings is 1. The Balaban J connectivity index is 1.74. The van der Waals surface area contributed by atoms with Gasteiger partial charge in [-0.2, -0.15) is 0 Å². The number of nitrogens with zero attached hydrogens (tertiary/aromatic N) is 2. The second-order valence-electron chi connectivity index (χ2n) is 6.77. The number of carbonyl (C=O) groups is 1. The average molecular weight is 328 g/mol. The number of amides is 1. The number of quaternary nitrogens is 1. The van der Waals surface area contributed by atoms with E-state index in [-0.39, 0.29) is 18.1 Å². The summed E-state index contributed by atoms with van der Waals surface area (Å²) < 4.78 is 0. The Hall–Kier alpha value is -1.72. The average Bonchev–Trinajstić information content (AvgIpc) is 3.26. The maximum Gasteiger partial charge on any atom is 0.292 e. The molecule has 3 unspecified atom stereocenters. The highest BCUT2D eigenvalue weighted by molar-refractivity contribution is 7.13. The minimum atomic E-state index is 0.0716. The third-order valence-electron chi connectivity index (χ3n) is 5.10. The molecule has 23 heavy (non-hydrogen) atoms. The van der Waals surface area contributed by atoms with Gasteiger partial charge in [0, 0.05) is 30.0 Å². The van der Waals surface area contributed by atoms with Crippen LogP contribution in [0.4, 0.5) is 5.13 Å². The van der Waals surface area contributed by atoms with Crippen LogP contribution < -0.4 is 9.80 Å². The molecule has 5 heteroatoms. The predicted molar refractivity (Wildman–Crippen MR) is 91.7 cm³/mol. The fraction of sp³-hybridized carbons (Fsp3) is 0.444. The molecule has 120 valence electrons. The van der Waals surface area contributed by atoms with Crippen molar-refractivity contribution in [1.82, 2.24) is 4.98 Å². The van der Waals surface area contributed by atoms with E-state index in [4.69, 9.17) is 0 Å². The Morgan fingerprint density at radius 3 is 2.74 bits per heavy atom. The molecule has 0 saturated carbocycles. The third kappa shape index (κ3) is 2.39. The highest BCUT2D eigenvalue weighted by Gasteiger charge is 2.54. The number of hydrogen-bond donors (Lipinski definition) is 1. The highest BCUT2D eigenvalue weighted by Crippen LogP contribution is 2.32. The van der Waals surface area contributed by atoms with Crippen molar-refractivity contribution in [3.63, 3.8) is 0 Å². The lowest BCUT2D eigenvalue weighted by Crippen LogP contribution is -3.12. The van der Waals surface area contributed by atoms with Gasteiger partial charge in [0.1, 0.15) is 0 Å². The Morgan fingerprint density at radius 2 is 2.09 bits per heavy atom. The Kier molecular flexibility index (Phi) is 3.70. The lowest BCUT2D eigenvalue weighted by molar-refractivity contribution is -0.924. The molecule has 4 rings (SSSR count). The molecule has 0 bridgehead atoms. The summed E-state index contributed by atoms with van der Waals surface area (Å²) in [5, 5.41) is 2.77. The van der Waals surface area contributed by atoms with E-state index < -0.39 is 0 Å². The SMILES string of the molecule is CC(C)c1ccc(C2N(c3nccs3)C(=O)C3CCC[NH+]32)cc1. The molecule has 2 saturated heterocycles. The molecular weight excluding hydrogens is 306 g/mol. The monoisotopic (exact) mass is 328 g/mol. The first kappa shape index (κ1) is 14.8. The first-order chi connectivity index (χ1) is 11.2. The Morgan fingerprint density at radius 1 is 1.30 bits per heavy atom. The van der Waals surface area contributed by atoms with Crippen molar-refractivity contribution in [2.45, 2.75) is 44.8 Å². The highest BCUT2D eigenvalue weighted by atomic mass is 32.1. The van der Waals surface area contributed by atoms with Gasteiger partial charge < -0.3 is 4.90 Å². The minimum Gasteiger partial charge on any atom is -0.301 e. The largest absolute Gasteiger partial charge is 0.301 e. The summed E-state index contributed by atoms with van der Waals surface area (Å²) in [6.45, 7) is 5.48. The summed E-state index contributed by atoms with van der Waals surface area (Å²) in [7, 11) is 0. The number of carbonyl (C=O) groups excluding carboxylic acids is 1. The van der Waals surface area contributed by atoms with Gasteiger partial charge >= 0.3 is 0 Å². The van der Waals surface area contributed by atoms with E-state index >= 15 is 0 Å². The normalized spacial score (nSPS) is 27.0. The van der Waals surface area contributed by atoms with Crippen LogP contribution in [0.5, 0.6) is 0 Å². The Bertz CT molecular complexity index is 696. The zero-order valence-electron chi connectivity index (χ0n) is 13.5. The molecule has 2 aliphatic rings. The fourth-order valence-corrected chi connectivity index (χ4v) is 4.58. The second kappa shape index (κ2) is 5.73. The number of nitrogens with one attached hydrogen (secondary N) is 1. The number of rotatable bonds is 3. The number of fused-ring (bicyclic) bond motifs is 1. The van der Waals surface area contributed by atoms with E-state index in [1.807, 2.05) is 10.3 Å². The van der Waals surface area contributed by atoms with Crippen molar-refractivity contribution in [1.29, 1.82) is 0 Å². The molecule has 4 nitrogen and oxygen atoms in total. The molecule has 2 aromatic rings. The van der Waals surface area contributed by atoms with E-state index in [0.29, 0.717) is 5.92 Å². The first-order valence-electron chi connectivity index (χ1n) is 8.35. The fourth-order valence-electron chi connectivity index (χ4n) is 3.91. The molecule has 1 amide bonds. The summed E-state index contributed by atoms with van der Waals surface area (Å²) in [6, 6.07) is 8.90. The van der Waals surface area contributed by atoms with Gasteiger partial charge in [-0.15, -0.1) is 11.3 Å². The summed E-state index contributed by atoms with van der Waals surface area (Å²) in [5.41, 5.74) is 2.56. The van der Waals surface area contributed by atoms with Gasteiger partial charge in [0.25, 0.3) is 5.91 Å². The van der Waals surface area contributed by atoms with E-state index in [0.717, 1.165) is 24.5 Å². The molecule has 1 aromatic heterocycles. The van der Waals surface area contributed by atoms with Crippen molar-refractivity contribution in [3.8, 4) is 0 Å². The van der Waals surface area contributed by atoms with E-state index in [9.17, 15) is 4.79 Å². The maximum absolute atomic E-state index is 12.9. The number of hydrogen-bond acceptors (Lipinski definition) is 3. The van der Waals surface area contributed by atoms with Crippen molar-refractivity contribution < 1.29 is 9.69 Å². The van der Waals surface area contributed by atoms with Gasteiger partial charge in [-0.3, -0.25) is 4.79 Å². The molecule has 0 aliphatic carbocycles. The smallest absolute Gasteiger partial charge is 0.292 e. The third-order valence-corrected chi connectivity index (χ3v) is 5.87. The van der Waals surface area contributed by atoms with Crippen molar-refractivity contribution in [2.24, 2.45) is 0 Å². The molecule has 3 heterocycles. The molecule has 1 N–H and O–H groups in total. The number of thiazole rings is 1. The first-order valence-corrected chi connectivity index (χ1v) is 9.23. The lowest BCUT2D eigenvalue weighted by atomic mass is 10.0. The molecular formula is C18H22N3OS+. The number of anilines is 1. The minimum absolute atomic E-state index is 0.0716. The summed E-state index contributed by atoms with van der Waals surface area (Å²) >= 11 is 1.55. The van der Waals surface area contributed by atoms with Gasteiger partial charge in [-0.05, 0) is 11.5 Å². The van der Waals surface area contributed by atoms with Crippen LogP contribution in [0.25, 0.3) is 0 Å². The molecule has 1 aromatic carbocycles. The van der Waals surface area contributed by atoms with E-state index in [1.54, 1.807) is 17.5 Å². The van der Waals surface area contributed by atoms with Crippen LogP contribution >= 0.6 is 11.3 Å². The molecule has 2 fully saturated rings. The van der Waals surface area contributed by atoms with Crippen LogP contribution in [0.3, 0.4) is 0 Å². The van der Waals surface area contributed by atoms with Crippen molar-refractivity contribution in [3.05, 3.63) is 47.0 Å². The zero-order chi connectivity index (χ0) is 16.0. The van der Waals surface area contributed by atoms with E-state index in [2.05, 4.69) is 43.1 Å². The number of aromatic nitrogens is 1. The molecule has 2 aliphatic heterocycles. The summed E-state index contributed by atoms with van der Waals surface area (Å²) in [6.07, 6.45) is 3.99. The quantitative estimate of drug-likeness (QED) is 0.939. The van der Waals surface area contributed by atoms with Crippen LogP contribution in [0.2, 0.25) is 0 Å². The van der Waals surface area contributed by atoms with Gasteiger partial charge in [-0.25, -0.2) is 9.88 Å². The summed E-state index contributed by atoms with van der Waals surface area (Å²) in [4.78, 5) is 20.7. The van der Waals surface area contributed by atoms with Gasteiger partial charge in [0.15, 0.2) is 17.3 Å². The topological polar surface area (TPSA) is 37.6 Å². The molecule has 3 atom stereocenters. The van der Waals surface area contributed by atoms with Crippen LogP contribution in [0.1, 0.15) is 49.9 Å². The van der Waals surface area contributed by atoms with Crippen LogP contribution in [-0.4, -0.2) is 23.5 Å². The van der Waals surface area contributed by atoms with Crippen molar-refractivity contribution in [2.75, 3.05) is 11.4 Å². The predicted octanol–water partition coefficient (Wildman–Crippen LogP) is 2.36. The van der Waals surface area contributed by atoms with E-state index in [1.165, 1.54) is 16.0 Å². The van der Waals surface area contributed by atoms with Crippen molar-refractivity contribution >= 4 is 22.4 Å². The van der Waals surface area contributed by atoms with Gasteiger partial charge in [0.05, 0.1) is 6.54 Å². The zero-order valence-corrected chi connectivity index (χ0v) is 14.3. The van der Waals surface area contributed by atoms with Gasteiger partial charge in [-0.1, -0.05) is 38.1 Å². The van der Waals surface area contributed by atoms with Crippen LogP contribution in [0.15, 0.2) is 35.8 Å². The van der Waals surface area contributed by atoms with Crippen LogP contribution in [-0.2, 0) is 4.79 Å². The summed E-state index contributed by atoms with van der Waals surface area (Å²) in [5.74, 6) is 0.765. The standard InChI is InChI=1S/C18H21N3OS/c1-12(2)13-5-7-14(8-6-13)16-20-10-3-4-15(20)17(22)21(16)18-19-9-11-23-18/h5-9,11-12,15-16H,3-4,10H2,1-2H3/p+1.